The third-order valence-corrected chi connectivity index (χ3v) is 9.27. The maximum Gasteiger partial charge on any atom is 0.255 e. The molecular weight excluding hydrogens is 476 g/mol. The first-order valence-electron chi connectivity index (χ1n) is 13.5. The van der Waals surface area contributed by atoms with Crippen molar-refractivity contribution in [2.45, 2.75) is 42.9 Å². The predicted octanol–water partition coefficient (Wildman–Crippen LogP) is 3.84. The van der Waals surface area contributed by atoms with Gasteiger partial charge in [-0.25, -0.2) is 0 Å². The van der Waals surface area contributed by atoms with Gasteiger partial charge in [0.1, 0.15) is 23.7 Å². The molecule has 2 bridgehead atoms. The van der Waals surface area contributed by atoms with Gasteiger partial charge in [0.25, 0.3) is 5.91 Å². The van der Waals surface area contributed by atoms with Gasteiger partial charge in [-0.15, -0.1) is 0 Å². The molecule has 1 spiro atoms. The van der Waals surface area contributed by atoms with Gasteiger partial charge >= 0.3 is 0 Å². The molecule has 5 atom stereocenters. The summed E-state index contributed by atoms with van der Waals surface area (Å²) in [5.41, 5.74) is 5.99. The molecule has 4 aliphatic rings. The molecule has 0 aromatic heterocycles. The number of hydrogen-bond donors (Lipinski definition) is 3. The number of amides is 1. The van der Waals surface area contributed by atoms with Crippen LogP contribution in [0.25, 0.3) is 11.1 Å². The summed E-state index contributed by atoms with van der Waals surface area (Å²) in [6.07, 6.45) is 5.64. The fraction of sp³-hybridized carbons (Fsp3) is 0.344. The van der Waals surface area contributed by atoms with E-state index in [9.17, 15) is 15.0 Å². The molecule has 38 heavy (non-hydrogen) atoms. The first-order valence-corrected chi connectivity index (χ1v) is 13.5. The molecule has 194 valence electrons. The first kappa shape index (κ1) is 23.5. The SMILES string of the molecule is CN1CC[C@]23c4c5ccc(C(=O)NCCc6ccc(-c7ccc(O)cc7)cc6)c4O[C@H]2[C@@H](O)C=C[C@H]3[C@H]1C5. The lowest BCUT2D eigenvalue weighted by atomic mass is 9.53. The van der Waals surface area contributed by atoms with E-state index in [1.54, 1.807) is 12.1 Å². The number of piperidine rings is 1. The lowest BCUT2D eigenvalue weighted by Gasteiger charge is -2.56. The molecule has 0 unspecified atom stereocenters. The summed E-state index contributed by atoms with van der Waals surface area (Å²) in [4.78, 5) is 15.8. The van der Waals surface area contributed by atoms with Crippen LogP contribution in [0.4, 0.5) is 0 Å². The van der Waals surface area contributed by atoms with Crippen LogP contribution in [0.1, 0.15) is 33.5 Å². The maximum absolute atomic E-state index is 13.4. The van der Waals surface area contributed by atoms with Gasteiger partial charge in [0.2, 0.25) is 0 Å². The summed E-state index contributed by atoms with van der Waals surface area (Å²) in [5.74, 6) is 1.09. The van der Waals surface area contributed by atoms with Gasteiger partial charge in [-0.05, 0) is 73.3 Å². The molecule has 2 aliphatic carbocycles. The largest absolute Gasteiger partial charge is 0.508 e. The number of benzene rings is 3. The van der Waals surface area contributed by atoms with E-state index in [1.165, 1.54) is 5.56 Å². The van der Waals surface area contributed by atoms with Crippen molar-refractivity contribution in [2.75, 3.05) is 20.1 Å². The van der Waals surface area contributed by atoms with E-state index >= 15 is 0 Å². The fourth-order valence-corrected chi connectivity index (χ4v) is 7.36. The van der Waals surface area contributed by atoms with Crippen molar-refractivity contribution in [3.63, 3.8) is 0 Å². The van der Waals surface area contributed by atoms with Gasteiger partial charge in [-0.1, -0.05) is 54.6 Å². The van der Waals surface area contributed by atoms with E-state index in [1.807, 2.05) is 24.3 Å². The molecule has 3 aromatic carbocycles. The molecular formula is C32H32N2O4. The maximum atomic E-state index is 13.4. The standard InChI is InChI=1S/C32H32N2O4/c1-34-17-15-32-25-12-13-27(36)30(32)38-29-24(11-8-22(28(29)32)18-26(25)34)31(37)33-16-14-19-2-4-20(5-3-19)21-6-9-23(35)10-7-21/h2-13,25-27,30,35-36H,14-18H2,1H3,(H,33,37)/t25-,26+,27-,30-,32-/m0/s1. The zero-order valence-electron chi connectivity index (χ0n) is 21.4. The highest BCUT2D eigenvalue weighted by Gasteiger charge is 2.64. The molecule has 1 amide bonds. The van der Waals surface area contributed by atoms with E-state index in [4.69, 9.17) is 4.74 Å². The molecule has 2 aliphatic heterocycles. The average molecular weight is 509 g/mol. The number of likely N-dealkylation sites (tertiary alicyclic amines) is 1. The van der Waals surface area contributed by atoms with Crippen molar-refractivity contribution in [1.29, 1.82) is 0 Å². The molecule has 1 fully saturated rings. The number of carbonyl (C=O) groups excluding carboxylic acids is 1. The number of phenolic OH excluding ortho intramolecular Hbond substituents is 1. The zero-order valence-corrected chi connectivity index (χ0v) is 21.4. The average Bonchev–Trinajstić information content (AvgIpc) is 3.28. The summed E-state index contributed by atoms with van der Waals surface area (Å²) in [6.45, 7) is 1.48. The molecule has 2 heterocycles. The fourth-order valence-electron chi connectivity index (χ4n) is 7.36. The van der Waals surface area contributed by atoms with Crippen molar-refractivity contribution in [3.8, 4) is 22.6 Å². The second kappa shape index (κ2) is 8.72. The van der Waals surface area contributed by atoms with Gasteiger partial charge in [-0.3, -0.25) is 4.79 Å². The number of likely N-dealkylation sites (N-methyl/N-ethyl adjacent to an activating group) is 1. The normalized spacial score (nSPS) is 28.5. The second-order valence-electron chi connectivity index (χ2n) is 11.2. The first-order chi connectivity index (χ1) is 18.5. The Balaban J connectivity index is 1.09. The number of nitrogens with zero attached hydrogens (tertiary/aromatic N) is 1. The smallest absolute Gasteiger partial charge is 0.255 e. The van der Waals surface area contributed by atoms with Crippen LogP contribution < -0.4 is 10.1 Å². The van der Waals surface area contributed by atoms with Gasteiger partial charge in [0, 0.05) is 29.5 Å². The number of aromatic hydroxyl groups is 1. The third kappa shape index (κ3) is 3.44. The Morgan fingerprint density at radius 1 is 1.05 bits per heavy atom. The van der Waals surface area contributed by atoms with Crippen LogP contribution in [0.5, 0.6) is 11.5 Å². The summed E-state index contributed by atoms with van der Waals surface area (Å²) < 4.78 is 6.51. The molecule has 3 N–H and O–H groups in total. The van der Waals surface area contributed by atoms with Gasteiger partial charge < -0.3 is 25.2 Å². The summed E-state index contributed by atoms with van der Waals surface area (Å²) in [5, 5.41) is 23.5. The van der Waals surface area contributed by atoms with Crippen molar-refractivity contribution in [3.05, 3.63) is 95.1 Å². The van der Waals surface area contributed by atoms with Gasteiger partial charge in [0.05, 0.1) is 5.56 Å². The van der Waals surface area contributed by atoms with Crippen LogP contribution in [0.3, 0.4) is 0 Å². The van der Waals surface area contributed by atoms with Crippen LogP contribution in [0.15, 0.2) is 72.8 Å². The Hall–Kier alpha value is -3.61. The Morgan fingerprint density at radius 3 is 2.55 bits per heavy atom. The van der Waals surface area contributed by atoms with Crippen molar-refractivity contribution < 1.29 is 19.7 Å². The number of ether oxygens (including phenoxy) is 1. The number of hydrogen-bond acceptors (Lipinski definition) is 5. The molecule has 7 rings (SSSR count). The lowest BCUT2D eigenvalue weighted by molar-refractivity contribution is -0.0451. The number of aliphatic hydroxyl groups is 1. The van der Waals surface area contributed by atoms with Crippen LogP contribution in [0.2, 0.25) is 0 Å². The number of phenols is 1. The highest BCUT2D eigenvalue weighted by molar-refractivity contribution is 5.98. The highest BCUT2D eigenvalue weighted by Crippen LogP contribution is 2.61. The van der Waals surface area contributed by atoms with E-state index in [0.29, 0.717) is 30.3 Å². The molecule has 1 saturated heterocycles. The lowest BCUT2D eigenvalue weighted by Crippen LogP contribution is -2.64. The van der Waals surface area contributed by atoms with Crippen LogP contribution >= 0.6 is 0 Å². The number of rotatable bonds is 5. The Bertz CT molecular complexity index is 1430. The number of aliphatic hydroxyl groups excluding tert-OH is 1. The van der Waals surface area contributed by atoms with E-state index < -0.39 is 6.10 Å². The number of nitrogens with one attached hydrogen (secondary N) is 1. The van der Waals surface area contributed by atoms with Crippen molar-refractivity contribution in [2.24, 2.45) is 5.92 Å². The Labute approximate surface area is 222 Å². The predicted molar refractivity (Wildman–Crippen MR) is 145 cm³/mol. The van der Waals surface area contributed by atoms with Crippen molar-refractivity contribution >= 4 is 5.91 Å². The minimum absolute atomic E-state index is 0.132. The van der Waals surface area contributed by atoms with E-state index in [-0.39, 0.29) is 29.1 Å². The number of carbonyl (C=O) groups is 1. The van der Waals surface area contributed by atoms with Crippen LogP contribution in [0, 0.1) is 5.92 Å². The van der Waals surface area contributed by atoms with E-state index in [2.05, 4.69) is 53.7 Å². The minimum Gasteiger partial charge on any atom is -0.508 e. The third-order valence-electron chi connectivity index (χ3n) is 9.27. The van der Waals surface area contributed by atoms with Gasteiger partial charge in [0.15, 0.2) is 0 Å². The molecule has 0 radical (unpaired) electrons. The van der Waals surface area contributed by atoms with Gasteiger partial charge in [-0.2, -0.15) is 0 Å². The minimum atomic E-state index is -0.672. The Morgan fingerprint density at radius 2 is 1.79 bits per heavy atom. The van der Waals surface area contributed by atoms with Crippen LogP contribution in [-0.2, 0) is 18.3 Å². The van der Waals surface area contributed by atoms with Crippen LogP contribution in [-0.4, -0.2) is 59.4 Å². The molecule has 6 nitrogen and oxygen atoms in total. The zero-order chi connectivity index (χ0) is 26.0. The summed E-state index contributed by atoms with van der Waals surface area (Å²) >= 11 is 0. The summed E-state index contributed by atoms with van der Waals surface area (Å²) in [6, 6.07) is 19.8. The Kier molecular flexibility index (Phi) is 5.39. The molecule has 3 aromatic rings. The van der Waals surface area contributed by atoms with E-state index in [0.717, 1.165) is 41.6 Å². The second-order valence-corrected chi connectivity index (χ2v) is 11.2. The molecule has 6 heteroatoms. The molecule has 0 saturated carbocycles. The quantitative estimate of drug-likeness (QED) is 0.457. The highest BCUT2D eigenvalue weighted by atomic mass is 16.5. The monoisotopic (exact) mass is 508 g/mol. The topological polar surface area (TPSA) is 82.0 Å². The summed E-state index contributed by atoms with van der Waals surface area (Å²) in [7, 11) is 2.19. The van der Waals surface area contributed by atoms with Crippen molar-refractivity contribution in [1.82, 2.24) is 10.2 Å².